The number of nitrogens with one attached hydrogen (secondary N) is 1. The number of hydrogen-bond donors (Lipinski definition) is 2. The van der Waals surface area contributed by atoms with Gasteiger partial charge in [-0.15, -0.1) is 6.58 Å². The average molecular weight is 370 g/mol. The number of guanidine groups is 1. The summed E-state index contributed by atoms with van der Waals surface area (Å²) in [6.07, 6.45) is 0.910. The third kappa shape index (κ3) is 3.23. The highest BCUT2D eigenvalue weighted by Gasteiger charge is 2.50. The molecule has 0 spiro atoms. The van der Waals surface area contributed by atoms with Crippen molar-refractivity contribution in [1.29, 1.82) is 0 Å². The molecule has 0 bridgehead atoms. The third-order valence-corrected chi connectivity index (χ3v) is 4.66. The lowest BCUT2D eigenvalue weighted by atomic mass is 10.1. The van der Waals surface area contributed by atoms with Crippen LogP contribution in [0.3, 0.4) is 0 Å². The summed E-state index contributed by atoms with van der Waals surface area (Å²) in [5.41, 5.74) is 4.39. The van der Waals surface area contributed by atoms with E-state index in [2.05, 4.69) is 22.1 Å². The minimum absolute atomic E-state index is 0.153. The number of fused-ring (bicyclic) bond motifs is 1. The number of imide groups is 1. The summed E-state index contributed by atoms with van der Waals surface area (Å²) in [6.45, 7) is 5.57. The molecular weight excluding hydrogens is 348 g/mol. The van der Waals surface area contributed by atoms with Crippen LogP contribution >= 0.6 is 0 Å². The van der Waals surface area contributed by atoms with Crippen molar-refractivity contribution in [2.45, 2.75) is 19.1 Å². The molecule has 2 heterocycles. The van der Waals surface area contributed by atoms with Gasteiger partial charge in [0.2, 0.25) is 5.96 Å². The fraction of sp³-hybridized carbons (Fsp3) is 0.333. The molecule has 9 nitrogen and oxygen atoms in total. The lowest BCUT2D eigenvalue weighted by Crippen LogP contribution is -2.64. The van der Waals surface area contributed by atoms with Crippen molar-refractivity contribution in [2.75, 3.05) is 20.6 Å². The number of likely N-dealkylation sites (N-methyl/N-ethyl adjacent to an activating group) is 2. The smallest absolute Gasteiger partial charge is 0.328 e. The van der Waals surface area contributed by atoms with Crippen LogP contribution in [-0.4, -0.2) is 76.3 Å². The van der Waals surface area contributed by atoms with Crippen LogP contribution in [-0.2, 0) is 4.79 Å². The second kappa shape index (κ2) is 7.10. The molecule has 1 aromatic rings. The number of aromatic hydroxyl groups is 1. The van der Waals surface area contributed by atoms with Crippen molar-refractivity contribution in [2.24, 2.45) is 10.1 Å². The lowest BCUT2D eigenvalue weighted by molar-refractivity contribution is -0.136. The SMILES string of the molecule is C=CCN1C(=O)C2C(N=C(N/N=C(\C)c3ccc(O)cc3)N2C)N(C)C1=O. The zero-order chi connectivity index (χ0) is 19.7. The van der Waals surface area contributed by atoms with Crippen molar-refractivity contribution < 1.29 is 14.7 Å². The topological polar surface area (TPSA) is 101 Å². The summed E-state index contributed by atoms with van der Waals surface area (Å²) < 4.78 is 0. The summed E-state index contributed by atoms with van der Waals surface area (Å²) >= 11 is 0. The second-order valence-corrected chi connectivity index (χ2v) is 6.41. The molecule has 0 saturated carbocycles. The van der Waals surface area contributed by atoms with Gasteiger partial charge in [-0.25, -0.2) is 15.2 Å². The fourth-order valence-electron chi connectivity index (χ4n) is 3.07. The van der Waals surface area contributed by atoms with E-state index < -0.39 is 18.2 Å². The molecular formula is C18H22N6O3. The largest absolute Gasteiger partial charge is 0.508 e. The monoisotopic (exact) mass is 370 g/mol. The predicted octanol–water partition coefficient (Wildman–Crippen LogP) is 0.782. The Morgan fingerprint density at radius 2 is 1.96 bits per heavy atom. The molecule has 2 unspecified atom stereocenters. The molecule has 0 aromatic heterocycles. The highest BCUT2D eigenvalue weighted by molar-refractivity contribution is 6.04. The summed E-state index contributed by atoms with van der Waals surface area (Å²) in [7, 11) is 3.35. The lowest BCUT2D eigenvalue weighted by Gasteiger charge is -2.39. The number of phenolic OH excluding ortho intramolecular Hbond substituents is 1. The van der Waals surface area contributed by atoms with Gasteiger partial charge in [0, 0.05) is 20.6 Å². The maximum absolute atomic E-state index is 12.7. The minimum Gasteiger partial charge on any atom is -0.508 e. The van der Waals surface area contributed by atoms with Crippen molar-refractivity contribution >= 4 is 23.6 Å². The van der Waals surface area contributed by atoms with Crippen molar-refractivity contribution in [1.82, 2.24) is 20.1 Å². The molecule has 2 aliphatic heterocycles. The number of hydrogen-bond acceptors (Lipinski definition) is 7. The van der Waals surface area contributed by atoms with Crippen LogP contribution in [0.1, 0.15) is 12.5 Å². The Bertz CT molecular complexity index is 832. The van der Waals surface area contributed by atoms with E-state index in [-0.39, 0.29) is 18.2 Å². The van der Waals surface area contributed by atoms with Crippen LogP contribution in [0.4, 0.5) is 4.79 Å². The number of amides is 3. The average Bonchev–Trinajstić information content (AvgIpc) is 2.99. The van der Waals surface area contributed by atoms with Gasteiger partial charge in [0.25, 0.3) is 5.91 Å². The van der Waals surface area contributed by atoms with E-state index in [1.54, 1.807) is 43.3 Å². The molecule has 27 heavy (non-hydrogen) atoms. The van der Waals surface area contributed by atoms with Gasteiger partial charge in [-0.3, -0.25) is 9.69 Å². The van der Waals surface area contributed by atoms with Crippen LogP contribution < -0.4 is 5.43 Å². The minimum atomic E-state index is -0.612. The van der Waals surface area contributed by atoms with Gasteiger partial charge in [0.05, 0.1) is 5.71 Å². The maximum Gasteiger partial charge on any atom is 0.328 e. The molecule has 9 heteroatoms. The molecule has 1 saturated heterocycles. The fourth-order valence-corrected chi connectivity index (χ4v) is 3.07. The molecule has 2 aliphatic rings. The van der Waals surface area contributed by atoms with Gasteiger partial charge in [-0.2, -0.15) is 5.10 Å². The van der Waals surface area contributed by atoms with Crippen LogP contribution in [0, 0.1) is 0 Å². The van der Waals surface area contributed by atoms with Crippen LogP contribution in [0.15, 0.2) is 47.0 Å². The number of aliphatic imine (C=N–C) groups is 1. The van der Waals surface area contributed by atoms with Gasteiger partial charge in [-0.1, -0.05) is 6.08 Å². The first kappa shape index (κ1) is 18.4. The Kier molecular flexibility index (Phi) is 4.85. The molecule has 1 fully saturated rings. The van der Waals surface area contributed by atoms with Gasteiger partial charge in [0.15, 0.2) is 12.2 Å². The molecule has 3 rings (SSSR count). The van der Waals surface area contributed by atoms with Crippen LogP contribution in [0.5, 0.6) is 5.75 Å². The highest BCUT2D eigenvalue weighted by Crippen LogP contribution is 2.26. The Hall–Kier alpha value is -3.36. The van der Waals surface area contributed by atoms with Crippen LogP contribution in [0.2, 0.25) is 0 Å². The highest BCUT2D eigenvalue weighted by atomic mass is 16.3. The number of hydrazone groups is 1. The van der Waals surface area contributed by atoms with E-state index in [0.29, 0.717) is 11.7 Å². The number of rotatable bonds is 4. The molecule has 2 N–H and O–H groups in total. The van der Waals surface area contributed by atoms with E-state index in [1.165, 1.54) is 11.0 Å². The summed E-state index contributed by atoms with van der Waals surface area (Å²) in [6, 6.07) is 5.64. The molecule has 1 aromatic carbocycles. The van der Waals surface area contributed by atoms with E-state index in [4.69, 9.17) is 0 Å². The van der Waals surface area contributed by atoms with Crippen LogP contribution in [0.25, 0.3) is 0 Å². The number of benzene rings is 1. The zero-order valence-corrected chi connectivity index (χ0v) is 15.5. The van der Waals surface area contributed by atoms with Gasteiger partial charge in [-0.05, 0) is 36.8 Å². The second-order valence-electron chi connectivity index (χ2n) is 6.41. The molecule has 0 aliphatic carbocycles. The van der Waals surface area contributed by atoms with E-state index in [0.717, 1.165) is 10.5 Å². The molecule has 2 atom stereocenters. The van der Waals surface area contributed by atoms with E-state index in [1.807, 2.05) is 6.92 Å². The number of nitrogens with zero attached hydrogens (tertiary/aromatic N) is 5. The summed E-state index contributed by atoms with van der Waals surface area (Å²) in [4.78, 5) is 33.9. The number of urea groups is 1. The zero-order valence-electron chi connectivity index (χ0n) is 15.5. The number of carbonyl (C=O) groups is 2. The van der Waals surface area contributed by atoms with Gasteiger partial charge in [0.1, 0.15) is 5.75 Å². The normalized spacial score (nSPS) is 22.7. The Labute approximate surface area is 157 Å². The summed E-state index contributed by atoms with van der Waals surface area (Å²) in [5.74, 6) is 0.264. The molecule has 0 radical (unpaired) electrons. The molecule has 142 valence electrons. The Balaban J connectivity index is 1.79. The van der Waals surface area contributed by atoms with Crippen molar-refractivity contribution in [3.63, 3.8) is 0 Å². The first-order chi connectivity index (χ1) is 12.8. The van der Waals surface area contributed by atoms with Crippen molar-refractivity contribution in [3.05, 3.63) is 42.5 Å². The maximum atomic E-state index is 12.7. The Morgan fingerprint density at radius 3 is 2.59 bits per heavy atom. The quantitative estimate of drug-likeness (QED) is 0.463. The number of phenols is 1. The van der Waals surface area contributed by atoms with E-state index in [9.17, 15) is 14.7 Å². The van der Waals surface area contributed by atoms with Gasteiger partial charge < -0.3 is 14.9 Å². The molecule has 3 amide bonds. The third-order valence-electron chi connectivity index (χ3n) is 4.66. The van der Waals surface area contributed by atoms with Crippen molar-refractivity contribution in [3.8, 4) is 5.75 Å². The summed E-state index contributed by atoms with van der Waals surface area (Å²) in [5, 5.41) is 13.7. The first-order valence-electron chi connectivity index (χ1n) is 8.44. The number of carbonyl (C=O) groups excluding carboxylic acids is 2. The first-order valence-corrected chi connectivity index (χ1v) is 8.44. The predicted molar refractivity (Wildman–Crippen MR) is 101 cm³/mol. The van der Waals surface area contributed by atoms with Gasteiger partial charge >= 0.3 is 6.03 Å². The van der Waals surface area contributed by atoms with E-state index >= 15 is 0 Å². The standard InChI is InChI=1S/C18H22N6O3/c1-5-10-24-16(26)14-15(23(4)18(24)27)19-17(22(14)3)21-20-11(2)12-6-8-13(25)9-7-12/h5-9,14-15,25H,1,10H2,2-4H3,(H,19,21)/b20-11+. The Morgan fingerprint density at radius 1 is 1.30 bits per heavy atom.